The van der Waals surface area contributed by atoms with Gasteiger partial charge in [0.15, 0.2) is 0 Å². The molecular formula is C12H16N4S. The minimum Gasteiger partial charge on any atom is -0.397 e. The summed E-state index contributed by atoms with van der Waals surface area (Å²) in [5.74, 6) is 0.895. The Balaban J connectivity index is 1.90. The minimum atomic E-state index is 0.697. The van der Waals surface area contributed by atoms with Crippen LogP contribution < -0.4 is 11.1 Å². The molecule has 4 nitrogen and oxygen atoms in total. The Bertz CT molecular complexity index is 507. The quantitative estimate of drug-likeness (QED) is 0.872. The van der Waals surface area contributed by atoms with Crippen molar-refractivity contribution in [2.24, 2.45) is 0 Å². The van der Waals surface area contributed by atoms with E-state index >= 15 is 0 Å². The first kappa shape index (κ1) is 11.9. The van der Waals surface area contributed by atoms with Gasteiger partial charge in [-0.2, -0.15) is 0 Å². The highest BCUT2D eigenvalue weighted by molar-refractivity contribution is 7.09. The molecule has 0 radical (unpaired) electrons. The summed E-state index contributed by atoms with van der Waals surface area (Å²) in [6.45, 7) is 4.85. The molecule has 0 bridgehead atoms. The van der Waals surface area contributed by atoms with Gasteiger partial charge in [0.1, 0.15) is 5.82 Å². The van der Waals surface area contributed by atoms with Gasteiger partial charge >= 0.3 is 0 Å². The monoisotopic (exact) mass is 248 g/mol. The molecule has 0 aliphatic rings. The molecule has 0 fully saturated rings. The first-order valence-electron chi connectivity index (χ1n) is 5.52. The van der Waals surface area contributed by atoms with E-state index in [1.165, 1.54) is 0 Å². The van der Waals surface area contributed by atoms with Crippen molar-refractivity contribution in [3.63, 3.8) is 0 Å². The van der Waals surface area contributed by atoms with E-state index in [-0.39, 0.29) is 0 Å². The van der Waals surface area contributed by atoms with Crippen molar-refractivity contribution in [2.45, 2.75) is 20.3 Å². The number of nitrogens with zero attached hydrogens (tertiary/aromatic N) is 2. The third kappa shape index (κ3) is 3.17. The molecule has 0 saturated carbocycles. The van der Waals surface area contributed by atoms with Gasteiger partial charge in [0.25, 0.3) is 0 Å². The smallest absolute Gasteiger partial charge is 0.129 e. The van der Waals surface area contributed by atoms with Crippen molar-refractivity contribution in [3.05, 3.63) is 33.9 Å². The molecule has 0 amide bonds. The van der Waals surface area contributed by atoms with Crippen molar-refractivity contribution in [1.82, 2.24) is 9.97 Å². The number of rotatable bonds is 4. The Kier molecular flexibility index (Phi) is 3.58. The minimum absolute atomic E-state index is 0.697. The first-order chi connectivity index (χ1) is 8.15. The average Bonchev–Trinajstić information content (AvgIpc) is 2.68. The number of nitrogen functional groups attached to an aromatic ring is 1. The number of aryl methyl sites for hydroxylation is 2. The van der Waals surface area contributed by atoms with Gasteiger partial charge in [0.2, 0.25) is 0 Å². The van der Waals surface area contributed by atoms with Crippen LogP contribution in [0.1, 0.15) is 16.3 Å². The first-order valence-corrected chi connectivity index (χ1v) is 6.40. The number of nitrogens with one attached hydrogen (secondary N) is 1. The standard InChI is InChI=1S/C12H16N4S/c1-8-5-10(13)6-15-12(8)14-4-3-11-7-17-9(2)16-11/h5-7H,3-4,13H2,1-2H3,(H,14,15). The topological polar surface area (TPSA) is 63.8 Å². The maximum Gasteiger partial charge on any atom is 0.129 e. The molecule has 0 saturated heterocycles. The van der Waals surface area contributed by atoms with E-state index in [0.29, 0.717) is 5.69 Å². The fourth-order valence-corrected chi connectivity index (χ4v) is 2.26. The summed E-state index contributed by atoms with van der Waals surface area (Å²) in [6, 6.07) is 1.92. The van der Waals surface area contributed by atoms with Gasteiger partial charge in [-0.1, -0.05) is 0 Å². The molecule has 2 heterocycles. The summed E-state index contributed by atoms with van der Waals surface area (Å²) in [5, 5.41) is 6.51. The lowest BCUT2D eigenvalue weighted by Gasteiger charge is -2.07. The highest BCUT2D eigenvalue weighted by atomic mass is 32.1. The third-order valence-corrected chi connectivity index (χ3v) is 3.26. The van der Waals surface area contributed by atoms with Crippen LogP contribution in [0.15, 0.2) is 17.6 Å². The Morgan fingerprint density at radius 2 is 2.24 bits per heavy atom. The maximum atomic E-state index is 5.65. The van der Waals surface area contributed by atoms with Gasteiger partial charge in [-0.15, -0.1) is 11.3 Å². The van der Waals surface area contributed by atoms with Crippen molar-refractivity contribution in [1.29, 1.82) is 0 Å². The van der Waals surface area contributed by atoms with E-state index in [2.05, 4.69) is 20.7 Å². The number of aromatic nitrogens is 2. The molecule has 0 aromatic carbocycles. The van der Waals surface area contributed by atoms with Crippen LogP contribution in [0.3, 0.4) is 0 Å². The van der Waals surface area contributed by atoms with Crippen LogP contribution in [0.4, 0.5) is 11.5 Å². The lowest BCUT2D eigenvalue weighted by atomic mass is 10.2. The fraction of sp³-hybridized carbons (Fsp3) is 0.333. The van der Waals surface area contributed by atoms with Gasteiger partial charge in [-0.25, -0.2) is 9.97 Å². The average molecular weight is 248 g/mol. The number of thiazole rings is 1. The fourth-order valence-electron chi connectivity index (χ4n) is 1.61. The van der Waals surface area contributed by atoms with Gasteiger partial charge < -0.3 is 11.1 Å². The van der Waals surface area contributed by atoms with E-state index in [1.807, 2.05) is 19.9 Å². The summed E-state index contributed by atoms with van der Waals surface area (Å²) < 4.78 is 0. The molecule has 2 rings (SSSR count). The molecular weight excluding hydrogens is 232 g/mol. The van der Waals surface area contributed by atoms with E-state index < -0.39 is 0 Å². The van der Waals surface area contributed by atoms with Crippen LogP contribution in [-0.2, 0) is 6.42 Å². The van der Waals surface area contributed by atoms with Crippen molar-refractivity contribution in [3.8, 4) is 0 Å². The highest BCUT2D eigenvalue weighted by Crippen LogP contribution is 2.14. The summed E-state index contributed by atoms with van der Waals surface area (Å²) >= 11 is 1.68. The van der Waals surface area contributed by atoms with E-state index in [0.717, 1.165) is 35.0 Å². The van der Waals surface area contributed by atoms with E-state index in [9.17, 15) is 0 Å². The van der Waals surface area contributed by atoms with Crippen LogP contribution in [-0.4, -0.2) is 16.5 Å². The predicted molar refractivity (Wildman–Crippen MR) is 72.4 cm³/mol. The number of nitrogens with two attached hydrogens (primary N) is 1. The van der Waals surface area contributed by atoms with Gasteiger partial charge in [0.05, 0.1) is 22.6 Å². The summed E-state index contributed by atoms with van der Waals surface area (Å²) in [4.78, 5) is 8.68. The Hall–Kier alpha value is -1.62. The number of hydrogen-bond acceptors (Lipinski definition) is 5. The molecule has 5 heteroatoms. The van der Waals surface area contributed by atoms with Crippen molar-refractivity contribution in [2.75, 3.05) is 17.6 Å². The molecule has 2 aromatic heterocycles. The van der Waals surface area contributed by atoms with E-state index in [4.69, 9.17) is 5.73 Å². The lowest BCUT2D eigenvalue weighted by molar-refractivity contribution is 0.958. The second-order valence-electron chi connectivity index (χ2n) is 3.97. The maximum absolute atomic E-state index is 5.65. The normalized spacial score (nSPS) is 10.5. The van der Waals surface area contributed by atoms with Gasteiger partial charge in [0, 0.05) is 18.3 Å². The number of anilines is 2. The van der Waals surface area contributed by atoms with Crippen LogP contribution in [0.2, 0.25) is 0 Å². The molecule has 0 unspecified atom stereocenters. The molecule has 2 aromatic rings. The van der Waals surface area contributed by atoms with Crippen LogP contribution in [0.25, 0.3) is 0 Å². The molecule has 0 spiro atoms. The third-order valence-electron chi connectivity index (χ3n) is 2.44. The largest absolute Gasteiger partial charge is 0.397 e. The zero-order valence-electron chi connectivity index (χ0n) is 10.0. The van der Waals surface area contributed by atoms with E-state index in [1.54, 1.807) is 17.5 Å². The zero-order chi connectivity index (χ0) is 12.3. The molecule has 0 aliphatic heterocycles. The zero-order valence-corrected chi connectivity index (χ0v) is 10.8. The molecule has 3 N–H and O–H groups in total. The number of hydrogen-bond donors (Lipinski definition) is 2. The van der Waals surface area contributed by atoms with Crippen LogP contribution >= 0.6 is 11.3 Å². The van der Waals surface area contributed by atoms with Crippen molar-refractivity contribution < 1.29 is 0 Å². The van der Waals surface area contributed by atoms with Crippen molar-refractivity contribution >= 4 is 22.8 Å². The second kappa shape index (κ2) is 5.14. The Morgan fingerprint density at radius 1 is 1.41 bits per heavy atom. The predicted octanol–water partition coefficient (Wildman–Crippen LogP) is 2.39. The lowest BCUT2D eigenvalue weighted by Crippen LogP contribution is -2.08. The summed E-state index contributed by atoms with van der Waals surface area (Å²) in [6.07, 6.45) is 2.58. The summed E-state index contributed by atoms with van der Waals surface area (Å²) in [7, 11) is 0. The Morgan fingerprint density at radius 3 is 2.88 bits per heavy atom. The molecule has 90 valence electrons. The molecule has 17 heavy (non-hydrogen) atoms. The van der Waals surface area contributed by atoms with Gasteiger partial charge in [-0.3, -0.25) is 0 Å². The van der Waals surface area contributed by atoms with Crippen LogP contribution in [0, 0.1) is 13.8 Å². The summed E-state index contributed by atoms with van der Waals surface area (Å²) in [5.41, 5.74) is 8.55. The number of pyridine rings is 1. The SMILES string of the molecule is Cc1nc(CCNc2ncc(N)cc2C)cs1. The molecule has 0 atom stereocenters. The Labute approximate surface area is 105 Å². The second-order valence-corrected chi connectivity index (χ2v) is 5.03. The molecule has 0 aliphatic carbocycles. The highest BCUT2D eigenvalue weighted by Gasteiger charge is 2.01. The van der Waals surface area contributed by atoms with Crippen LogP contribution in [0.5, 0.6) is 0 Å². The van der Waals surface area contributed by atoms with Gasteiger partial charge in [-0.05, 0) is 25.5 Å².